The van der Waals surface area contributed by atoms with E-state index in [1.807, 2.05) is 13.8 Å². The molecular formula is C19H30N4O4. The Morgan fingerprint density at radius 2 is 2.11 bits per heavy atom. The van der Waals surface area contributed by atoms with Crippen molar-refractivity contribution in [3.05, 3.63) is 24.0 Å². The summed E-state index contributed by atoms with van der Waals surface area (Å²) < 4.78 is 11.0. The lowest BCUT2D eigenvalue weighted by Crippen LogP contribution is -2.32. The first-order valence-corrected chi connectivity index (χ1v) is 9.49. The van der Waals surface area contributed by atoms with Gasteiger partial charge in [0, 0.05) is 31.6 Å². The van der Waals surface area contributed by atoms with Crippen molar-refractivity contribution in [2.75, 3.05) is 31.6 Å². The van der Waals surface area contributed by atoms with Gasteiger partial charge in [-0.2, -0.15) is 0 Å². The number of hydrogen-bond acceptors (Lipinski definition) is 6. The average molecular weight is 378 g/mol. The summed E-state index contributed by atoms with van der Waals surface area (Å²) in [5.41, 5.74) is 6.17. The van der Waals surface area contributed by atoms with E-state index in [1.54, 1.807) is 12.1 Å². The molecule has 2 heterocycles. The molecule has 1 aromatic heterocycles. The first-order chi connectivity index (χ1) is 13.0. The Labute approximate surface area is 160 Å². The molecule has 8 nitrogen and oxygen atoms in total. The van der Waals surface area contributed by atoms with Crippen LogP contribution in [0.15, 0.2) is 18.3 Å². The van der Waals surface area contributed by atoms with Crippen LogP contribution >= 0.6 is 0 Å². The second-order valence-corrected chi connectivity index (χ2v) is 6.86. The molecule has 2 amide bonds. The molecular weight excluding hydrogens is 348 g/mol. The second-order valence-electron chi connectivity index (χ2n) is 6.86. The Balaban J connectivity index is 1.78. The average Bonchev–Trinajstić information content (AvgIpc) is 2.99. The Kier molecular flexibility index (Phi) is 8.63. The highest BCUT2D eigenvalue weighted by atomic mass is 16.5. The molecule has 1 fully saturated rings. The predicted molar refractivity (Wildman–Crippen MR) is 102 cm³/mol. The van der Waals surface area contributed by atoms with E-state index in [4.69, 9.17) is 15.2 Å². The van der Waals surface area contributed by atoms with Gasteiger partial charge in [-0.05, 0) is 50.8 Å². The number of ether oxygens (including phenoxy) is 2. The Morgan fingerprint density at radius 3 is 2.81 bits per heavy atom. The predicted octanol–water partition coefficient (Wildman–Crippen LogP) is 1.32. The van der Waals surface area contributed by atoms with Crippen LogP contribution in [-0.4, -0.2) is 55.3 Å². The van der Waals surface area contributed by atoms with Gasteiger partial charge in [-0.15, -0.1) is 0 Å². The molecule has 150 valence electrons. The topological polar surface area (TPSA) is 116 Å². The first kappa shape index (κ1) is 21.3. The van der Waals surface area contributed by atoms with E-state index in [0.717, 1.165) is 12.8 Å². The first-order valence-electron chi connectivity index (χ1n) is 9.49. The number of hydrogen-bond donors (Lipinski definition) is 3. The monoisotopic (exact) mass is 378 g/mol. The maximum absolute atomic E-state index is 12.4. The molecule has 0 aromatic carbocycles. The van der Waals surface area contributed by atoms with Crippen molar-refractivity contribution in [1.82, 2.24) is 10.3 Å². The maximum Gasteiger partial charge on any atom is 0.269 e. The fourth-order valence-electron chi connectivity index (χ4n) is 3.01. The van der Waals surface area contributed by atoms with Crippen molar-refractivity contribution in [2.24, 2.45) is 11.7 Å². The van der Waals surface area contributed by atoms with Gasteiger partial charge in [0.25, 0.3) is 11.8 Å². The van der Waals surface area contributed by atoms with E-state index in [0.29, 0.717) is 38.4 Å². The number of anilines is 1. The molecule has 27 heavy (non-hydrogen) atoms. The van der Waals surface area contributed by atoms with Crippen molar-refractivity contribution < 1.29 is 19.1 Å². The van der Waals surface area contributed by atoms with Gasteiger partial charge < -0.3 is 25.8 Å². The molecule has 1 aliphatic heterocycles. The third-order valence-electron chi connectivity index (χ3n) is 4.36. The lowest BCUT2D eigenvalue weighted by Gasteiger charge is -2.15. The molecule has 3 atom stereocenters. The van der Waals surface area contributed by atoms with E-state index >= 15 is 0 Å². The minimum absolute atomic E-state index is 0.0776. The van der Waals surface area contributed by atoms with Gasteiger partial charge >= 0.3 is 0 Å². The number of pyridine rings is 1. The summed E-state index contributed by atoms with van der Waals surface area (Å²) in [6.45, 7) is 6.27. The van der Waals surface area contributed by atoms with Gasteiger partial charge in [0.05, 0.1) is 6.10 Å². The summed E-state index contributed by atoms with van der Waals surface area (Å²) in [5.74, 6) is -0.317. The molecule has 0 spiro atoms. The number of nitrogens with one attached hydrogen (secondary N) is 2. The number of rotatable bonds is 10. The van der Waals surface area contributed by atoms with Crippen molar-refractivity contribution in [3.8, 4) is 0 Å². The third kappa shape index (κ3) is 6.89. The van der Waals surface area contributed by atoms with Gasteiger partial charge in [0.2, 0.25) is 0 Å². The second kappa shape index (κ2) is 11.0. The fourth-order valence-corrected chi connectivity index (χ4v) is 3.01. The van der Waals surface area contributed by atoms with E-state index in [-0.39, 0.29) is 29.5 Å². The van der Waals surface area contributed by atoms with Crippen LogP contribution in [0.1, 0.15) is 43.6 Å². The van der Waals surface area contributed by atoms with E-state index in [1.165, 1.54) is 6.20 Å². The molecule has 1 aliphatic rings. The molecule has 2 unspecified atom stereocenters. The van der Waals surface area contributed by atoms with Crippen LogP contribution in [0.3, 0.4) is 0 Å². The molecule has 4 N–H and O–H groups in total. The molecule has 0 aliphatic carbocycles. The lowest BCUT2D eigenvalue weighted by molar-refractivity contribution is -0.127. The molecule has 0 bridgehead atoms. The number of nitrogens with zero attached hydrogens (tertiary/aromatic N) is 1. The molecule has 2 rings (SSSR count). The summed E-state index contributed by atoms with van der Waals surface area (Å²) in [7, 11) is 0. The number of carbonyl (C=O) groups is 2. The van der Waals surface area contributed by atoms with Gasteiger partial charge in [-0.3, -0.25) is 14.6 Å². The number of amides is 2. The van der Waals surface area contributed by atoms with E-state index < -0.39 is 6.10 Å². The summed E-state index contributed by atoms with van der Waals surface area (Å²) >= 11 is 0. The minimum Gasteiger partial charge on any atom is -0.381 e. The SMILES string of the molecule is CC1CC(C)[C@H](C(=O)Nc2ccnc(C(=O)NCCCOCCCN)c2)O1. The quantitative estimate of drug-likeness (QED) is 0.529. The highest BCUT2D eigenvalue weighted by molar-refractivity contribution is 5.97. The number of nitrogens with two attached hydrogens (primary N) is 1. The fraction of sp³-hybridized carbons (Fsp3) is 0.632. The van der Waals surface area contributed by atoms with Crippen LogP contribution in [0.2, 0.25) is 0 Å². The standard InChI is InChI=1S/C19H30N4O4/c1-13-11-14(2)27-17(13)19(25)23-15-5-8-21-16(12-15)18(24)22-7-4-10-26-9-3-6-20/h5,8,12-14,17H,3-4,6-7,9-11,20H2,1-2H3,(H,22,24)(H,21,23,25)/t13?,14?,17-/m1/s1. The lowest BCUT2D eigenvalue weighted by atomic mass is 10.0. The zero-order chi connectivity index (χ0) is 19.6. The van der Waals surface area contributed by atoms with E-state index in [9.17, 15) is 9.59 Å². The van der Waals surface area contributed by atoms with Crippen molar-refractivity contribution in [2.45, 2.75) is 45.3 Å². The van der Waals surface area contributed by atoms with Crippen LogP contribution in [0.5, 0.6) is 0 Å². The van der Waals surface area contributed by atoms with Gasteiger partial charge in [-0.25, -0.2) is 0 Å². The number of carbonyl (C=O) groups excluding carboxylic acids is 2. The molecule has 0 radical (unpaired) electrons. The van der Waals surface area contributed by atoms with Crippen LogP contribution in [0.25, 0.3) is 0 Å². The molecule has 1 saturated heterocycles. The largest absolute Gasteiger partial charge is 0.381 e. The van der Waals surface area contributed by atoms with Crippen molar-refractivity contribution in [3.63, 3.8) is 0 Å². The summed E-state index contributed by atoms with van der Waals surface area (Å²) in [4.78, 5) is 28.7. The van der Waals surface area contributed by atoms with Crippen LogP contribution in [0, 0.1) is 5.92 Å². The Hall–Kier alpha value is -2.03. The summed E-state index contributed by atoms with van der Waals surface area (Å²) in [5, 5.41) is 5.61. The third-order valence-corrected chi connectivity index (χ3v) is 4.36. The zero-order valence-corrected chi connectivity index (χ0v) is 16.1. The minimum atomic E-state index is -0.468. The van der Waals surface area contributed by atoms with Crippen molar-refractivity contribution >= 4 is 17.5 Å². The van der Waals surface area contributed by atoms with Crippen molar-refractivity contribution in [1.29, 1.82) is 0 Å². The molecule has 1 aromatic rings. The maximum atomic E-state index is 12.4. The van der Waals surface area contributed by atoms with Gasteiger partial charge in [0.15, 0.2) is 0 Å². The van der Waals surface area contributed by atoms with Gasteiger partial charge in [-0.1, -0.05) is 6.92 Å². The highest BCUT2D eigenvalue weighted by Crippen LogP contribution is 2.26. The Bertz CT molecular complexity index is 625. The van der Waals surface area contributed by atoms with Gasteiger partial charge in [0.1, 0.15) is 11.8 Å². The molecule has 0 saturated carbocycles. The van der Waals surface area contributed by atoms with Crippen LogP contribution in [0.4, 0.5) is 5.69 Å². The number of aromatic nitrogens is 1. The normalized spacial score (nSPS) is 21.8. The summed E-state index contributed by atoms with van der Waals surface area (Å²) in [6.07, 6.45) is 3.51. The van der Waals surface area contributed by atoms with Crippen LogP contribution < -0.4 is 16.4 Å². The van der Waals surface area contributed by atoms with E-state index in [2.05, 4.69) is 15.6 Å². The zero-order valence-electron chi connectivity index (χ0n) is 16.1. The van der Waals surface area contributed by atoms with Crippen LogP contribution in [-0.2, 0) is 14.3 Å². The smallest absolute Gasteiger partial charge is 0.269 e. The summed E-state index contributed by atoms with van der Waals surface area (Å²) in [6, 6.07) is 3.22. The highest BCUT2D eigenvalue weighted by Gasteiger charge is 2.35. The Morgan fingerprint density at radius 1 is 1.33 bits per heavy atom. The molecule has 8 heteroatoms.